The molecule has 20 heavy (non-hydrogen) atoms. The second-order valence-corrected chi connectivity index (χ2v) is 4.75. The lowest BCUT2D eigenvalue weighted by atomic mass is 10.2. The molecule has 1 amide bonds. The molecule has 0 aliphatic heterocycles. The molecule has 0 aliphatic carbocycles. The van der Waals surface area contributed by atoms with E-state index in [0.29, 0.717) is 17.3 Å². The Morgan fingerprint density at radius 2 is 2.15 bits per heavy atom. The number of carbonyl (C=O) groups excluding carboxylic acids is 1. The molecule has 3 N–H and O–H groups in total. The summed E-state index contributed by atoms with van der Waals surface area (Å²) in [5.74, 6) is -0.386. The summed E-state index contributed by atoms with van der Waals surface area (Å²) in [5, 5.41) is 12.8. The van der Waals surface area contributed by atoms with Crippen LogP contribution < -0.4 is 10.7 Å². The minimum Gasteiger partial charge on any atom is -0.391 e. The fourth-order valence-corrected chi connectivity index (χ4v) is 2.06. The Morgan fingerprint density at radius 3 is 2.90 bits per heavy atom. The summed E-state index contributed by atoms with van der Waals surface area (Å²) in [4.78, 5) is 26.8. The predicted octanol–water partition coefficient (Wildman–Crippen LogP) is 1.42. The van der Waals surface area contributed by atoms with E-state index in [4.69, 9.17) is 0 Å². The van der Waals surface area contributed by atoms with Crippen molar-refractivity contribution in [2.75, 3.05) is 6.54 Å². The number of aromatic nitrogens is 1. The molecule has 0 fully saturated rings. The minimum absolute atomic E-state index is 0.182. The van der Waals surface area contributed by atoms with Crippen molar-refractivity contribution in [2.24, 2.45) is 0 Å². The molecule has 0 saturated heterocycles. The Hall–Kier alpha value is -2.14. The van der Waals surface area contributed by atoms with Gasteiger partial charge in [0, 0.05) is 23.5 Å². The van der Waals surface area contributed by atoms with Gasteiger partial charge in [-0.3, -0.25) is 9.59 Å². The molecular weight excluding hydrogens is 256 g/mol. The van der Waals surface area contributed by atoms with E-state index >= 15 is 0 Å². The van der Waals surface area contributed by atoms with Gasteiger partial charge in [0.25, 0.3) is 5.91 Å². The van der Waals surface area contributed by atoms with Crippen LogP contribution in [0.5, 0.6) is 0 Å². The van der Waals surface area contributed by atoms with Gasteiger partial charge in [-0.1, -0.05) is 25.5 Å². The van der Waals surface area contributed by atoms with Crippen molar-refractivity contribution in [1.82, 2.24) is 10.3 Å². The molecule has 5 nitrogen and oxygen atoms in total. The lowest BCUT2D eigenvalue weighted by molar-refractivity contribution is 0.0905. The third-order valence-electron chi connectivity index (χ3n) is 3.10. The van der Waals surface area contributed by atoms with E-state index in [2.05, 4.69) is 10.3 Å². The van der Waals surface area contributed by atoms with Crippen LogP contribution in [0.1, 0.15) is 30.3 Å². The topological polar surface area (TPSA) is 82.2 Å². The number of aromatic amines is 1. The number of amides is 1. The van der Waals surface area contributed by atoms with Gasteiger partial charge in [0.15, 0.2) is 5.43 Å². The Bertz CT molecular complexity index is 663. The number of fused-ring (bicyclic) bond motifs is 1. The van der Waals surface area contributed by atoms with Crippen LogP contribution in [-0.2, 0) is 0 Å². The van der Waals surface area contributed by atoms with Crippen molar-refractivity contribution in [2.45, 2.75) is 25.9 Å². The number of H-pyrrole nitrogens is 1. The van der Waals surface area contributed by atoms with Gasteiger partial charge < -0.3 is 15.4 Å². The number of nitrogens with one attached hydrogen (secondary N) is 2. The fourth-order valence-electron chi connectivity index (χ4n) is 2.06. The molecule has 1 unspecified atom stereocenters. The lowest BCUT2D eigenvalue weighted by Gasteiger charge is -2.11. The van der Waals surface area contributed by atoms with Gasteiger partial charge in [0.2, 0.25) is 0 Å². The number of aliphatic hydroxyl groups excluding tert-OH is 1. The van der Waals surface area contributed by atoms with Crippen LogP contribution in [-0.4, -0.2) is 28.6 Å². The van der Waals surface area contributed by atoms with Crippen LogP contribution in [0.15, 0.2) is 35.1 Å². The average Bonchev–Trinajstić information content (AvgIpc) is 2.45. The normalized spacial score (nSPS) is 12.3. The summed E-state index contributed by atoms with van der Waals surface area (Å²) in [7, 11) is 0. The Balaban J connectivity index is 2.16. The van der Waals surface area contributed by atoms with Gasteiger partial charge in [0.05, 0.1) is 6.10 Å². The molecule has 1 aromatic carbocycles. The smallest absolute Gasteiger partial charge is 0.267 e. The summed E-state index contributed by atoms with van der Waals surface area (Å²) < 4.78 is 0. The first-order valence-corrected chi connectivity index (χ1v) is 6.70. The highest BCUT2D eigenvalue weighted by Crippen LogP contribution is 2.07. The molecule has 0 saturated carbocycles. The number of aliphatic hydroxyl groups is 1. The van der Waals surface area contributed by atoms with E-state index in [1.807, 2.05) is 6.92 Å². The predicted molar refractivity (Wildman–Crippen MR) is 77.8 cm³/mol. The summed E-state index contributed by atoms with van der Waals surface area (Å²) in [6, 6.07) is 8.31. The van der Waals surface area contributed by atoms with Crippen molar-refractivity contribution in [3.05, 3.63) is 46.2 Å². The molecule has 1 atom stereocenters. The van der Waals surface area contributed by atoms with Crippen LogP contribution in [0, 0.1) is 0 Å². The molecule has 5 heteroatoms. The maximum atomic E-state index is 12.0. The molecule has 2 rings (SSSR count). The van der Waals surface area contributed by atoms with E-state index in [1.54, 1.807) is 24.3 Å². The third kappa shape index (κ3) is 3.24. The summed E-state index contributed by atoms with van der Waals surface area (Å²) >= 11 is 0. The molecule has 2 aromatic rings. The maximum absolute atomic E-state index is 12.0. The average molecular weight is 274 g/mol. The molecule has 0 spiro atoms. The van der Waals surface area contributed by atoms with Crippen LogP contribution in [0.3, 0.4) is 0 Å². The maximum Gasteiger partial charge on any atom is 0.267 e. The quantitative estimate of drug-likeness (QED) is 0.771. The van der Waals surface area contributed by atoms with Crippen molar-refractivity contribution in [3.63, 3.8) is 0 Å². The number of hydrogen-bond acceptors (Lipinski definition) is 3. The van der Waals surface area contributed by atoms with E-state index in [0.717, 1.165) is 6.42 Å². The van der Waals surface area contributed by atoms with Crippen LogP contribution in [0.4, 0.5) is 0 Å². The molecule has 0 bridgehead atoms. The van der Waals surface area contributed by atoms with Crippen LogP contribution in [0.2, 0.25) is 0 Å². The number of rotatable bonds is 5. The number of para-hydroxylation sites is 1. The van der Waals surface area contributed by atoms with Crippen LogP contribution >= 0.6 is 0 Å². The van der Waals surface area contributed by atoms with Gasteiger partial charge in [0.1, 0.15) is 5.69 Å². The van der Waals surface area contributed by atoms with Crippen molar-refractivity contribution in [1.29, 1.82) is 0 Å². The number of pyridine rings is 1. The molecule has 106 valence electrons. The minimum atomic E-state index is -0.559. The fraction of sp³-hybridized carbons (Fsp3) is 0.333. The molecule has 0 radical (unpaired) electrons. The van der Waals surface area contributed by atoms with Crippen LogP contribution in [0.25, 0.3) is 10.9 Å². The SMILES string of the molecule is CCCC(O)CNC(=O)c1cc(=O)c2ccccc2[nH]1. The van der Waals surface area contributed by atoms with Crippen molar-refractivity contribution >= 4 is 16.8 Å². The first kappa shape index (κ1) is 14.3. The van der Waals surface area contributed by atoms with Gasteiger partial charge in [-0.15, -0.1) is 0 Å². The standard InChI is InChI=1S/C15H18N2O3/c1-2-5-10(18)9-16-15(20)13-8-14(19)11-6-3-4-7-12(11)17-13/h3-4,6-8,10,18H,2,5,9H2,1H3,(H,16,20)(H,17,19). The highest BCUT2D eigenvalue weighted by atomic mass is 16.3. The Labute approximate surface area is 116 Å². The number of benzene rings is 1. The summed E-state index contributed by atoms with van der Waals surface area (Å²) in [6.45, 7) is 2.15. The van der Waals surface area contributed by atoms with Gasteiger partial charge in [-0.2, -0.15) is 0 Å². The number of carbonyl (C=O) groups is 1. The summed E-state index contributed by atoms with van der Waals surface area (Å²) in [5.41, 5.74) is 0.635. The van der Waals surface area contributed by atoms with Gasteiger partial charge in [-0.25, -0.2) is 0 Å². The first-order chi connectivity index (χ1) is 9.61. The highest BCUT2D eigenvalue weighted by Gasteiger charge is 2.11. The monoisotopic (exact) mass is 274 g/mol. The van der Waals surface area contributed by atoms with E-state index < -0.39 is 6.10 Å². The van der Waals surface area contributed by atoms with E-state index in [1.165, 1.54) is 6.07 Å². The second-order valence-electron chi connectivity index (χ2n) is 4.75. The second kappa shape index (κ2) is 6.34. The Kier molecular flexibility index (Phi) is 4.53. The zero-order valence-electron chi connectivity index (χ0n) is 11.3. The Morgan fingerprint density at radius 1 is 1.40 bits per heavy atom. The zero-order valence-corrected chi connectivity index (χ0v) is 11.3. The first-order valence-electron chi connectivity index (χ1n) is 6.70. The molecule has 1 heterocycles. The largest absolute Gasteiger partial charge is 0.391 e. The van der Waals surface area contributed by atoms with Crippen molar-refractivity contribution < 1.29 is 9.90 Å². The van der Waals surface area contributed by atoms with E-state index in [-0.39, 0.29) is 23.6 Å². The highest BCUT2D eigenvalue weighted by molar-refractivity contribution is 5.94. The van der Waals surface area contributed by atoms with Gasteiger partial charge in [-0.05, 0) is 18.6 Å². The molecule has 0 aliphatic rings. The number of hydrogen-bond donors (Lipinski definition) is 3. The molecular formula is C15H18N2O3. The zero-order chi connectivity index (χ0) is 14.5. The van der Waals surface area contributed by atoms with E-state index in [9.17, 15) is 14.7 Å². The lowest BCUT2D eigenvalue weighted by Crippen LogP contribution is -2.33. The van der Waals surface area contributed by atoms with Gasteiger partial charge >= 0.3 is 0 Å². The van der Waals surface area contributed by atoms with Crippen molar-refractivity contribution in [3.8, 4) is 0 Å². The summed E-state index contributed by atoms with van der Waals surface area (Å²) in [6.07, 6.45) is 0.925. The third-order valence-corrected chi connectivity index (χ3v) is 3.10. The molecule has 1 aromatic heterocycles.